The predicted octanol–water partition coefficient (Wildman–Crippen LogP) is 4.43. The van der Waals surface area contributed by atoms with Crippen LogP contribution < -0.4 is 5.32 Å². The molecular formula is C17H24N2S. The molecule has 0 amide bonds. The summed E-state index contributed by atoms with van der Waals surface area (Å²) in [6.07, 6.45) is 5.66. The number of aromatic amines is 1. The summed E-state index contributed by atoms with van der Waals surface area (Å²) in [6.45, 7) is 3.30. The number of fused-ring (bicyclic) bond motifs is 1. The van der Waals surface area contributed by atoms with Crippen molar-refractivity contribution >= 4 is 22.7 Å². The van der Waals surface area contributed by atoms with E-state index in [9.17, 15) is 0 Å². The Bertz CT molecular complexity index is 510. The maximum Gasteiger partial charge on any atom is 0.0733 e. The van der Waals surface area contributed by atoms with Gasteiger partial charge in [-0.3, -0.25) is 0 Å². The Morgan fingerprint density at radius 3 is 2.85 bits per heavy atom. The topological polar surface area (TPSA) is 27.8 Å². The largest absolute Gasteiger partial charge is 0.350 e. The lowest BCUT2D eigenvalue weighted by molar-refractivity contribution is 0.394. The molecule has 1 unspecified atom stereocenters. The van der Waals surface area contributed by atoms with Gasteiger partial charge in [0.05, 0.1) is 5.03 Å². The SMILES string of the molecule is CCNC(CSc1cc2ccccc2[nH]1)C1CCCC1. The lowest BCUT2D eigenvalue weighted by Gasteiger charge is -2.23. The van der Waals surface area contributed by atoms with Crippen LogP contribution in [0.1, 0.15) is 32.6 Å². The summed E-state index contributed by atoms with van der Waals surface area (Å²) in [7, 11) is 0. The molecule has 1 aliphatic carbocycles. The minimum absolute atomic E-state index is 0.666. The lowest BCUT2D eigenvalue weighted by atomic mass is 10.00. The van der Waals surface area contributed by atoms with Crippen molar-refractivity contribution in [3.63, 3.8) is 0 Å². The number of para-hydroxylation sites is 1. The Morgan fingerprint density at radius 2 is 2.10 bits per heavy atom. The number of rotatable bonds is 6. The molecule has 3 heteroatoms. The van der Waals surface area contributed by atoms with Gasteiger partial charge in [-0.25, -0.2) is 0 Å². The second-order valence-corrected chi connectivity index (χ2v) is 6.80. The van der Waals surface area contributed by atoms with Gasteiger partial charge in [0.15, 0.2) is 0 Å². The Kier molecular flexibility index (Phi) is 4.69. The van der Waals surface area contributed by atoms with Gasteiger partial charge < -0.3 is 10.3 Å². The van der Waals surface area contributed by atoms with Crippen LogP contribution in [-0.2, 0) is 0 Å². The number of hydrogen-bond acceptors (Lipinski definition) is 2. The molecule has 1 atom stereocenters. The molecule has 1 saturated carbocycles. The van der Waals surface area contributed by atoms with Gasteiger partial charge in [0.1, 0.15) is 0 Å². The van der Waals surface area contributed by atoms with Crippen molar-refractivity contribution in [2.24, 2.45) is 5.92 Å². The summed E-state index contributed by atoms with van der Waals surface area (Å²) < 4.78 is 0. The van der Waals surface area contributed by atoms with Crippen LogP contribution in [0.3, 0.4) is 0 Å². The maximum absolute atomic E-state index is 3.69. The van der Waals surface area contributed by atoms with E-state index >= 15 is 0 Å². The average Bonchev–Trinajstić information content (AvgIpc) is 3.12. The molecule has 3 rings (SSSR count). The molecule has 1 heterocycles. The van der Waals surface area contributed by atoms with Crippen molar-refractivity contribution in [1.29, 1.82) is 0 Å². The number of nitrogens with one attached hydrogen (secondary N) is 2. The van der Waals surface area contributed by atoms with Crippen LogP contribution in [0.2, 0.25) is 0 Å². The molecule has 2 nitrogen and oxygen atoms in total. The Morgan fingerprint density at radius 1 is 1.30 bits per heavy atom. The van der Waals surface area contributed by atoms with Crippen molar-refractivity contribution < 1.29 is 0 Å². The summed E-state index contributed by atoms with van der Waals surface area (Å²) in [5.41, 5.74) is 1.25. The normalized spacial score (nSPS) is 17.9. The van der Waals surface area contributed by atoms with Gasteiger partial charge in [0.2, 0.25) is 0 Å². The zero-order valence-corrected chi connectivity index (χ0v) is 13.0. The number of H-pyrrole nitrogens is 1. The van der Waals surface area contributed by atoms with E-state index in [1.807, 2.05) is 11.8 Å². The van der Waals surface area contributed by atoms with Crippen LogP contribution in [0.4, 0.5) is 0 Å². The van der Waals surface area contributed by atoms with E-state index in [1.54, 1.807) is 0 Å². The molecule has 2 aromatic rings. The van der Waals surface area contributed by atoms with Gasteiger partial charge in [-0.1, -0.05) is 38.0 Å². The second kappa shape index (κ2) is 6.68. The van der Waals surface area contributed by atoms with Crippen molar-refractivity contribution in [2.45, 2.75) is 43.7 Å². The van der Waals surface area contributed by atoms with Crippen LogP contribution >= 0.6 is 11.8 Å². The minimum atomic E-state index is 0.666. The van der Waals surface area contributed by atoms with Crippen LogP contribution in [-0.4, -0.2) is 23.3 Å². The number of thioether (sulfide) groups is 1. The molecule has 1 aromatic carbocycles. The van der Waals surface area contributed by atoms with E-state index in [4.69, 9.17) is 0 Å². The highest BCUT2D eigenvalue weighted by Crippen LogP contribution is 2.31. The van der Waals surface area contributed by atoms with Gasteiger partial charge in [-0.2, -0.15) is 0 Å². The first-order valence-corrected chi connectivity index (χ1v) is 8.79. The third-order valence-corrected chi connectivity index (χ3v) is 5.42. The maximum atomic E-state index is 3.69. The smallest absolute Gasteiger partial charge is 0.0733 e. The predicted molar refractivity (Wildman–Crippen MR) is 88.4 cm³/mol. The Hall–Kier alpha value is -0.930. The molecule has 20 heavy (non-hydrogen) atoms. The Balaban J connectivity index is 1.63. The van der Waals surface area contributed by atoms with Crippen LogP contribution in [0.15, 0.2) is 35.4 Å². The van der Waals surface area contributed by atoms with E-state index in [2.05, 4.69) is 47.6 Å². The molecule has 1 fully saturated rings. The highest BCUT2D eigenvalue weighted by Gasteiger charge is 2.24. The second-order valence-electron chi connectivity index (χ2n) is 5.74. The molecule has 1 aromatic heterocycles. The fourth-order valence-electron chi connectivity index (χ4n) is 3.29. The zero-order valence-electron chi connectivity index (χ0n) is 12.2. The van der Waals surface area contributed by atoms with E-state index < -0.39 is 0 Å². The Labute approximate surface area is 125 Å². The number of aromatic nitrogens is 1. The first-order chi connectivity index (χ1) is 9.86. The lowest BCUT2D eigenvalue weighted by Crippen LogP contribution is -2.37. The van der Waals surface area contributed by atoms with Gasteiger partial charge in [0.25, 0.3) is 0 Å². The molecule has 2 N–H and O–H groups in total. The number of benzene rings is 1. The van der Waals surface area contributed by atoms with Crippen molar-refractivity contribution in [3.8, 4) is 0 Å². The van der Waals surface area contributed by atoms with Crippen LogP contribution in [0, 0.1) is 5.92 Å². The first kappa shape index (κ1) is 14.0. The van der Waals surface area contributed by atoms with Crippen LogP contribution in [0.25, 0.3) is 10.9 Å². The van der Waals surface area contributed by atoms with Crippen LogP contribution in [0.5, 0.6) is 0 Å². The monoisotopic (exact) mass is 288 g/mol. The average molecular weight is 288 g/mol. The van der Waals surface area contributed by atoms with Gasteiger partial charge in [-0.15, -0.1) is 11.8 Å². The molecule has 108 valence electrons. The molecule has 0 radical (unpaired) electrons. The van der Waals surface area contributed by atoms with Crippen molar-refractivity contribution in [3.05, 3.63) is 30.3 Å². The zero-order chi connectivity index (χ0) is 13.8. The van der Waals surface area contributed by atoms with Gasteiger partial charge in [0, 0.05) is 22.7 Å². The third kappa shape index (κ3) is 3.21. The fourth-order valence-corrected chi connectivity index (χ4v) is 4.43. The molecule has 1 aliphatic rings. The first-order valence-electron chi connectivity index (χ1n) is 7.80. The summed E-state index contributed by atoms with van der Waals surface area (Å²) in [5, 5.41) is 6.31. The van der Waals surface area contributed by atoms with E-state index in [0.717, 1.165) is 12.5 Å². The summed E-state index contributed by atoms with van der Waals surface area (Å²) >= 11 is 1.96. The quantitative estimate of drug-likeness (QED) is 0.770. The molecular weight excluding hydrogens is 264 g/mol. The third-order valence-electron chi connectivity index (χ3n) is 4.36. The highest BCUT2D eigenvalue weighted by atomic mass is 32.2. The van der Waals surface area contributed by atoms with Gasteiger partial charge >= 0.3 is 0 Å². The highest BCUT2D eigenvalue weighted by molar-refractivity contribution is 7.99. The van der Waals surface area contributed by atoms with E-state index in [-0.39, 0.29) is 0 Å². The van der Waals surface area contributed by atoms with Crippen molar-refractivity contribution in [2.75, 3.05) is 12.3 Å². The fraction of sp³-hybridized carbons (Fsp3) is 0.529. The summed E-state index contributed by atoms with van der Waals surface area (Å²) in [4.78, 5) is 3.52. The molecule has 0 aliphatic heterocycles. The summed E-state index contributed by atoms with van der Waals surface area (Å²) in [6, 6.07) is 11.5. The standard InChI is InChI=1S/C17H24N2S/c1-2-18-16(13-7-3-4-8-13)12-20-17-11-14-9-5-6-10-15(14)19-17/h5-6,9-11,13,16,18-19H,2-4,7-8,12H2,1H3. The molecule has 0 spiro atoms. The molecule has 0 saturated heterocycles. The molecule has 0 bridgehead atoms. The van der Waals surface area contributed by atoms with E-state index in [0.29, 0.717) is 6.04 Å². The van der Waals surface area contributed by atoms with E-state index in [1.165, 1.54) is 47.4 Å². The summed E-state index contributed by atoms with van der Waals surface area (Å²) in [5.74, 6) is 2.05. The van der Waals surface area contributed by atoms with Gasteiger partial charge in [-0.05, 0) is 37.4 Å². The number of hydrogen-bond donors (Lipinski definition) is 2. The minimum Gasteiger partial charge on any atom is -0.350 e. The van der Waals surface area contributed by atoms with Crippen molar-refractivity contribution in [1.82, 2.24) is 10.3 Å².